The van der Waals surface area contributed by atoms with Crippen LogP contribution in [-0.4, -0.2) is 35.1 Å². The van der Waals surface area contributed by atoms with Gasteiger partial charge in [0.25, 0.3) is 0 Å². The summed E-state index contributed by atoms with van der Waals surface area (Å²) in [6, 6.07) is 0.00509. The standard InChI is InChI=1S/C14H27NO2/c1-10(2)7-13(9-16)15(8-12-5-6-12)14(17)11(3)4/h10-13,16H,5-9H2,1-4H3/t13-/m1/s1. The lowest BCUT2D eigenvalue weighted by Crippen LogP contribution is -2.46. The van der Waals surface area contributed by atoms with Crippen LogP contribution in [-0.2, 0) is 4.79 Å². The Hall–Kier alpha value is -0.570. The van der Waals surface area contributed by atoms with Crippen LogP contribution in [0.5, 0.6) is 0 Å². The largest absolute Gasteiger partial charge is 0.394 e. The molecule has 1 saturated carbocycles. The third kappa shape index (κ3) is 4.66. The topological polar surface area (TPSA) is 40.5 Å². The molecule has 0 radical (unpaired) electrons. The molecule has 1 amide bonds. The minimum absolute atomic E-state index is 0.00509. The highest BCUT2D eigenvalue weighted by Gasteiger charge is 2.31. The van der Waals surface area contributed by atoms with E-state index < -0.39 is 0 Å². The normalized spacial score (nSPS) is 17.6. The molecule has 0 aromatic carbocycles. The maximum atomic E-state index is 12.2. The Morgan fingerprint density at radius 3 is 2.24 bits per heavy atom. The van der Waals surface area contributed by atoms with E-state index in [1.807, 2.05) is 18.7 Å². The molecule has 3 nitrogen and oxygen atoms in total. The van der Waals surface area contributed by atoms with Gasteiger partial charge in [0.05, 0.1) is 12.6 Å². The van der Waals surface area contributed by atoms with E-state index in [4.69, 9.17) is 0 Å². The van der Waals surface area contributed by atoms with Gasteiger partial charge in [0.2, 0.25) is 5.91 Å². The van der Waals surface area contributed by atoms with Crippen LogP contribution in [0.1, 0.15) is 47.0 Å². The highest BCUT2D eigenvalue weighted by Crippen LogP contribution is 2.31. The van der Waals surface area contributed by atoms with E-state index in [0.29, 0.717) is 11.8 Å². The van der Waals surface area contributed by atoms with Crippen LogP contribution >= 0.6 is 0 Å². The first-order chi connectivity index (χ1) is 7.95. The van der Waals surface area contributed by atoms with Crippen molar-refractivity contribution in [1.29, 1.82) is 0 Å². The smallest absolute Gasteiger partial charge is 0.225 e. The maximum absolute atomic E-state index is 12.2. The van der Waals surface area contributed by atoms with Crippen LogP contribution in [0.3, 0.4) is 0 Å². The van der Waals surface area contributed by atoms with E-state index in [1.54, 1.807) is 0 Å². The molecule has 0 heterocycles. The maximum Gasteiger partial charge on any atom is 0.225 e. The summed E-state index contributed by atoms with van der Waals surface area (Å²) >= 11 is 0. The number of hydrogen-bond donors (Lipinski definition) is 1. The van der Waals surface area contributed by atoms with Gasteiger partial charge < -0.3 is 10.0 Å². The third-order valence-corrected chi connectivity index (χ3v) is 3.32. The van der Waals surface area contributed by atoms with Crippen molar-refractivity contribution in [2.45, 2.75) is 53.0 Å². The van der Waals surface area contributed by atoms with Crippen LogP contribution in [0.25, 0.3) is 0 Å². The Bertz CT molecular complexity index is 247. The zero-order valence-electron chi connectivity index (χ0n) is 11.6. The average Bonchev–Trinajstić information content (AvgIpc) is 3.05. The summed E-state index contributed by atoms with van der Waals surface area (Å²) in [5.74, 6) is 1.40. The molecule has 17 heavy (non-hydrogen) atoms. The van der Waals surface area contributed by atoms with Gasteiger partial charge in [-0.3, -0.25) is 4.79 Å². The summed E-state index contributed by atoms with van der Waals surface area (Å²) in [6.07, 6.45) is 3.37. The minimum atomic E-state index is 0.00509. The van der Waals surface area contributed by atoms with Crippen molar-refractivity contribution in [2.24, 2.45) is 17.8 Å². The fraction of sp³-hybridized carbons (Fsp3) is 0.929. The monoisotopic (exact) mass is 241 g/mol. The summed E-state index contributed by atoms with van der Waals surface area (Å²) in [5.41, 5.74) is 0. The lowest BCUT2D eigenvalue weighted by molar-refractivity contribution is -0.138. The van der Waals surface area contributed by atoms with Crippen molar-refractivity contribution in [2.75, 3.05) is 13.2 Å². The lowest BCUT2D eigenvalue weighted by atomic mass is 10.0. The number of carbonyl (C=O) groups excluding carboxylic acids is 1. The molecule has 0 unspecified atom stereocenters. The van der Waals surface area contributed by atoms with Gasteiger partial charge in [0.15, 0.2) is 0 Å². The van der Waals surface area contributed by atoms with E-state index in [1.165, 1.54) is 12.8 Å². The van der Waals surface area contributed by atoms with Gasteiger partial charge in [0.1, 0.15) is 0 Å². The number of carbonyl (C=O) groups is 1. The fourth-order valence-electron chi connectivity index (χ4n) is 2.17. The molecule has 100 valence electrons. The molecule has 0 aromatic rings. The van der Waals surface area contributed by atoms with E-state index in [-0.39, 0.29) is 24.5 Å². The van der Waals surface area contributed by atoms with Crippen molar-refractivity contribution in [3.63, 3.8) is 0 Å². The Balaban J connectivity index is 2.67. The van der Waals surface area contributed by atoms with Crippen LogP contribution < -0.4 is 0 Å². The third-order valence-electron chi connectivity index (χ3n) is 3.32. The van der Waals surface area contributed by atoms with Gasteiger partial charge in [0, 0.05) is 12.5 Å². The minimum Gasteiger partial charge on any atom is -0.394 e. The molecule has 1 atom stereocenters. The van der Waals surface area contributed by atoms with Gasteiger partial charge in [-0.1, -0.05) is 27.7 Å². The fourth-order valence-corrected chi connectivity index (χ4v) is 2.17. The highest BCUT2D eigenvalue weighted by molar-refractivity contribution is 5.78. The molecular formula is C14H27NO2. The molecule has 0 aliphatic heterocycles. The van der Waals surface area contributed by atoms with Crippen molar-refractivity contribution in [3.05, 3.63) is 0 Å². The van der Waals surface area contributed by atoms with Crippen LogP contribution in [0.4, 0.5) is 0 Å². The van der Waals surface area contributed by atoms with E-state index in [2.05, 4.69) is 13.8 Å². The van der Waals surface area contributed by atoms with E-state index in [9.17, 15) is 9.90 Å². The van der Waals surface area contributed by atoms with E-state index in [0.717, 1.165) is 13.0 Å². The molecule has 0 spiro atoms. The highest BCUT2D eigenvalue weighted by atomic mass is 16.3. The number of amides is 1. The molecule has 0 saturated heterocycles. The number of aliphatic hydroxyl groups is 1. The SMILES string of the molecule is CC(C)C[C@H](CO)N(CC1CC1)C(=O)C(C)C. The van der Waals surface area contributed by atoms with Gasteiger partial charge in [-0.25, -0.2) is 0 Å². The molecule has 1 fully saturated rings. The summed E-state index contributed by atoms with van der Waals surface area (Å²) in [4.78, 5) is 14.1. The predicted octanol–water partition coefficient (Wildman–Crippen LogP) is 2.29. The summed E-state index contributed by atoms with van der Waals surface area (Å²) in [6.45, 7) is 9.08. The second-order valence-electron chi connectivity index (χ2n) is 6.05. The first-order valence-corrected chi connectivity index (χ1v) is 6.87. The molecule has 0 bridgehead atoms. The van der Waals surface area contributed by atoms with Gasteiger partial charge in [-0.15, -0.1) is 0 Å². The second kappa shape index (κ2) is 6.39. The summed E-state index contributed by atoms with van der Waals surface area (Å²) in [5, 5.41) is 9.52. The first kappa shape index (κ1) is 14.5. The molecular weight excluding hydrogens is 214 g/mol. The number of hydrogen-bond acceptors (Lipinski definition) is 2. The number of rotatable bonds is 7. The Morgan fingerprint density at radius 1 is 1.29 bits per heavy atom. The second-order valence-corrected chi connectivity index (χ2v) is 6.05. The van der Waals surface area contributed by atoms with E-state index >= 15 is 0 Å². The summed E-state index contributed by atoms with van der Waals surface area (Å²) < 4.78 is 0. The Morgan fingerprint density at radius 2 is 1.88 bits per heavy atom. The van der Waals surface area contributed by atoms with Crippen molar-refractivity contribution in [3.8, 4) is 0 Å². The number of nitrogens with zero attached hydrogens (tertiary/aromatic N) is 1. The zero-order valence-corrected chi connectivity index (χ0v) is 11.6. The van der Waals surface area contributed by atoms with Crippen LogP contribution in [0.2, 0.25) is 0 Å². The van der Waals surface area contributed by atoms with Crippen LogP contribution in [0, 0.1) is 17.8 Å². The lowest BCUT2D eigenvalue weighted by Gasteiger charge is -2.33. The molecule has 1 aliphatic carbocycles. The molecule has 0 aromatic heterocycles. The quantitative estimate of drug-likeness (QED) is 0.743. The van der Waals surface area contributed by atoms with Crippen molar-refractivity contribution < 1.29 is 9.90 Å². The first-order valence-electron chi connectivity index (χ1n) is 6.87. The van der Waals surface area contributed by atoms with Gasteiger partial charge in [-0.05, 0) is 31.1 Å². The predicted molar refractivity (Wildman–Crippen MR) is 69.6 cm³/mol. The van der Waals surface area contributed by atoms with Crippen LogP contribution in [0.15, 0.2) is 0 Å². The Labute approximate surface area is 105 Å². The van der Waals surface area contributed by atoms with Crippen molar-refractivity contribution in [1.82, 2.24) is 4.90 Å². The number of aliphatic hydroxyl groups excluding tert-OH is 1. The van der Waals surface area contributed by atoms with Gasteiger partial charge in [-0.2, -0.15) is 0 Å². The summed E-state index contributed by atoms with van der Waals surface area (Å²) in [7, 11) is 0. The molecule has 3 heteroatoms. The average molecular weight is 241 g/mol. The zero-order chi connectivity index (χ0) is 13.0. The molecule has 1 N–H and O–H groups in total. The van der Waals surface area contributed by atoms with Gasteiger partial charge >= 0.3 is 0 Å². The molecule has 1 aliphatic rings. The Kier molecular flexibility index (Phi) is 5.44. The van der Waals surface area contributed by atoms with Crippen molar-refractivity contribution >= 4 is 5.91 Å². The molecule has 1 rings (SSSR count).